The van der Waals surface area contributed by atoms with E-state index in [4.69, 9.17) is 0 Å². The summed E-state index contributed by atoms with van der Waals surface area (Å²) in [4.78, 5) is 1.25. The van der Waals surface area contributed by atoms with Crippen molar-refractivity contribution >= 4 is 5.69 Å². The van der Waals surface area contributed by atoms with E-state index < -0.39 is 34.8 Å². The Bertz CT molecular complexity index is 492. The number of benzene rings is 1. The van der Waals surface area contributed by atoms with Gasteiger partial charge in [0, 0.05) is 13.1 Å². The minimum atomic E-state index is -2.12. The van der Waals surface area contributed by atoms with Crippen molar-refractivity contribution in [1.82, 2.24) is 5.32 Å². The van der Waals surface area contributed by atoms with Crippen LogP contribution in [0.5, 0.6) is 0 Å². The Balaban J connectivity index is 2.29. The maximum atomic E-state index is 13.8. The highest BCUT2D eigenvalue weighted by Gasteiger charge is 2.31. The Morgan fingerprint density at radius 1 is 1.00 bits per heavy atom. The standard InChI is InChI=1S/C14H17F5N2/c1-2-20-6-8-4-3-5-21(7-8)14-12(18)10(16)9(15)11(17)13(14)19/h8,20H,2-7H2,1H3. The molecule has 1 heterocycles. The van der Waals surface area contributed by atoms with Gasteiger partial charge in [0.1, 0.15) is 5.69 Å². The van der Waals surface area contributed by atoms with E-state index in [0.29, 0.717) is 13.0 Å². The monoisotopic (exact) mass is 308 g/mol. The van der Waals surface area contributed by atoms with E-state index in [0.717, 1.165) is 13.0 Å². The molecule has 0 radical (unpaired) electrons. The van der Waals surface area contributed by atoms with Gasteiger partial charge in [-0.3, -0.25) is 0 Å². The Labute approximate surface area is 119 Å². The molecule has 0 saturated carbocycles. The molecule has 21 heavy (non-hydrogen) atoms. The number of nitrogens with zero attached hydrogens (tertiary/aromatic N) is 1. The van der Waals surface area contributed by atoms with Crippen LogP contribution in [0.25, 0.3) is 0 Å². The molecule has 1 aromatic rings. The predicted octanol–water partition coefficient (Wildman–Crippen LogP) is 3.21. The van der Waals surface area contributed by atoms with Gasteiger partial charge in [0.15, 0.2) is 23.3 Å². The van der Waals surface area contributed by atoms with Gasteiger partial charge in [-0.25, -0.2) is 22.0 Å². The first-order valence-corrected chi connectivity index (χ1v) is 6.94. The highest BCUT2D eigenvalue weighted by molar-refractivity contribution is 5.51. The van der Waals surface area contributed by atoms with Crippen LogP contribution in [0.15, 0.2) is 0 Å². The van der Waals surface area contributed by atoms with Crippen LogP contribution < -0.4 is 10.2 Å². The first-order chi connectivity index (χ1) is 9.97. The predicted molar refractivity (Wildman–Crippen MR) is 69.7 cm³/mol. The van der Waals surface area contributed by atoms with Crippen molar-refractivity contribution in [3.05, 3.63) is 29.1 Å². The smallest absolute Gasteiger partial charge is 0.200 e. The van der Waals surface area contributed by atoms with Gasteiger partial charge in [-0.15, -0.1) is 0 Å². The van der Waals surface area contributed by atoms with Crippen molar-refractivity contribution in [2.75, 3.05) is 31.1 Å². The van der Waals surface area contributed by atoms with Crippen molar-refractivity contribution in [3.8, 4) is 0 Å². The van der Waals surface area contributed by atoms with Gasteiger partial charge >= 0.3 is 0 Å². The SMILES string of the molecule is CCNCC1CCCN(c2c(F)c(F)c(F)c(F)c2F)C1. The Hall–Kier alpha value is -1.37. The van der Waals surface area contributed by atoms with Crippen LogP contribution in [0, 0.1) is 35.0 Å². The summed E-state index contributed by atoms with van der Waals surface area (Å²) in [5.41, 5.74) is -0.812. The molecule has 7 heteroatoms. The van der Waals surface area contributed by atoms with Gasteiger partial charge < -0.3 is 10.2 Å². The van der Waals surface area contributed by atoms with Crippen molar-refractivity contribution in [2.45, 2.75) is 19.8 Å². The molecule has 1 aromatic carbocycles. The second-order valence-corrected chi connectivity index (χ2v) is 5.18. The first kappa shape index (κ1) is 16.0. The van der Waals surface area contributed by atoms with Crippen LogP contribution in [-0.2, 0) is 0 Å². The van der Waals surface area contributed by atoms with Gasteiger partial charge in [0.25, 0.3) is 0 Å². The third-order valence-electron chi connectivity index (χ3n) is 3.70. The quantitative estimate of drug-likeness (QED) is 0.522. The third-order valence-corrected chi connectivity index (χ3v) is 3.70. The lowest BCUT2D eigenvalue weighted by molar-refractivity contribution is 0.361. The average molecular weight is 308 g/mol. The summed E-state index contributed by atoms with van der Waals surface area (Å²) >= 11 is 0. The molecule has 2 rings (SSSR count). The highest BCUT2D eigenvalue weighted by Crippen LogP contribution is 2.32. The largest absolute Gasteiger partial charge is 0.366 e. The lowest BCUT2D eigenvalue weighted by Crippen LogP contribution is -2.40. The van der Waals surface area contributed by atoms with Crippen LogP contribution in [0.3, 0.4) is 0 Å². The molecule has 0 aliphatic carbocycles. The summed E-state index contributed by atoms with van der Waals surface area (Å²) in [5.74, 6) is -9.29. The third kappa shape index (κ3) is 3.12. The fourth-order valence-electron chi connectivity index (χ4n) is 2.65. The van der Waals surface area contributed by atoms with Crippen molar-refractivity contribution in [3.63, 3.8) is 0 Å². The lowest BCUT2D eigenvalue weighted by Gasteiger charge is -2.35. The maximum Gasteiger partial charge on any atom is 0.200 e. The fraction of sp³-hybridized carbons (Fsp3) is 0.571. The average Bonchev–Trinajstić information content (AvgIpc) is 2.49. The minimum absolute atomic E-state index is 0.119. The molecule has 0 aromatic heterocycles. The van der Waals surface area contributed by atoms with E-state index >= 15 is 0 Å². The van der Waals surface area contributed by atoms with E-state index in [-0.39, 0.29) is 19.0 Å². The number of hydrogen-bond acceptors (Lipinski definition) is 2. The molecule has 2 nitrogen and oxygen atoms in total. The lowest BCUT2D eigenvalue weighted by atomic mass is 9.97. The fourth-order valence-corrected chi connectivity index (χ4v) is 2.65. The first-order valence-electron chi connectivity index (χ1n) is 6.94. The number of rotatable bonds is 4. The van der Waals surface area contributed by atoms with Gasteiger partial charge in [-0.2, -0.15) is 0 Å². The topological polar surface area (TPSA) is 15.3 Å². The summed E-state index contributed by atoms with van der Waals surface area (Å²) in [7, 11) is 0. The van der Waals surface area contributed by atoms with Gasteiger partial charge in [0.05, 0.1) is 0 Å². The molecular weight excluding hydrogens is 291 g/mol. The van der Waals surface area contributed by atoms with E-state index in [1.165, 1.54) is 4.90 Å². The number of halogens is 5. The normalized spacial score (nSPS) is 19.1. The van der Waals surface area contributed by atoms with E-state index in [1.807, 2.05) is 6.92 Å². The van der Waals surface area contributed by atoms with E-state index in [2.05, 4.69) is 5.32 Å². The zero-order chi connectivity index (χ0) is 15.6. The zero-order valence-electron chi connectivity index (χ0n) is 11.7. The molecule has 1 aliphatic heterocycles. The van der Waals surface area contributed by atoms with Crippen LogP contribution in [0.2, 0.25) is 0 Å². The Morgan fingerprint density at radius 3 is 2.14 bits per heavy atom. The highest BCUT2D eigenvalue weighted by atomic mass is 19.2. The van der Waals surface area contributed by atoms with Crippen LogP contribution >= 0.6 is 0 Å². The van der Waals surface area contributed by atoms with E-state index in [9.17, 15) is 22.0 Å². The molecule has 1 atom stereocenters. The maximum absolute atomic E-state index is 13.8. The van der Waals surface area contributed by atoms with Crippen LogP contribution in [0.1, 0.15) is 19.8 Å². The van der Waals surface area contributed by atoms with Gasteiger partial charge in [-0.1, -0.05) is 6.92 Å². The molecule has 1 unspecified atom stereocenters. The summed E-state index contributed by atoms with van der Waals surface area (Å²) in [6.45, 7) is 3.90. The van der Waals surface area contributed by atoms with Crippen molar-refractivity contribution in [2.24, 2.45) is 5.92 Å². The van der Waals surface area contributed by atoms with Crippen molar-refractivity contribution < 1.29 is 22.0 Å². The second-order valence-electron chi connectivity index (χ2n) is 5.18. The van der Waals surface area contributed by atoms with Crippen molar-refractivity contribution in [1.29, 1.82) is 0 Å². The molecule has 0 spiro atoms. The summed E-state index contributed by atoms with van der Waals surface area (Å²) in [5, 5.41) is 3.13. The van der Waals surface area contributed by atoms with Gasteiger partial charge in [-0.05, 0) is 31.8 Å². The zero-order valence-corrected chi connectivity index (χ0v) is 11.7. The number of nitrogens with one attached hydrogen (secondary N) is 1. The summed E-state index contributed by atoms with van der Waals surface area (Å²) in [6, 6.07) is 0. The molecule has 1 saturated heterocycles. The Kier molecular flexibility index (Phi) is 5.03. The molecule has 1 aliphatic rings. The number of anilines is 1. The van der Waals surface area contributed by atoms with Crippen LogP contribution in [0.4, 0.5) is 27.6 Å². The molecule has 118 valence electrons. The molecule has 0 amide bonds. The number of hydrogen-bond donors (Lipinski definition) is 1. The molecular formula is C14H17F5N2. The van der Waals surface area contributed by atoms with Gasteiger partial charge in [0.2, 0.25) is 5.82 Å². The van der Waals surface area contributed by atoms with Crippen LogP contribution in [-0.4, -0.2) is 26.2 Å². The van der Waals surface area contributed by atoms with E-state index in [1.54, 1.807) is 0 Å². The minimum Gasteiger partial charge on any atom is -0.366 e. The summed E-state index contributed by atoms with van der Waals surface area (Å²) in [6.07, 6.45) is 1.51. The molecule has 1 N–H and O–H groups in total. The Morgan fingerprint density at radius 2 is 1.57 bits per heavy atom. The number of piperidine rings is 1. The molecule has 1 fully saturated rings. The second kappa shape index (κ2) is 6.60. The summed E-state index contributed by atoms with van der Waals surface area (Å²) < 4.78 is 67.1. The molecule has 0 bridgehead atoms.